The van der Waals surface area contributed by atoms with Crippen LogP contribution in [0.5, 0.6) is 0 Å². The van der Waals surface area contributed by atoms with Gasteiger partial charge in [0.15, 0.2) is 0 Å². The predicted octanol–water partition coefficient (Wildman–Crippen LogP) is 2.10. The largest absolute Gasteiger partial charge is 0.379 e. The highest BCUT2D eigenvalue weighted by Crippen LogP contribution is 2.18. The molecule has 1 heterocycles. The Labute approximate surface area is 145 Å². The summed E-state index contributed by atoms with van der Waals surface area (Å²) < 4.78 is 0. The Balaban J connectivity index is 1.97. The lowest BCUT2D eigenvalue weighted by Gasteiger charge is -2.10. The number of amides is 2. The molecule has 0 unspecified atom stereocenters. The zero-order valence-electron chi connectivity index (χ0n) is 14.1. The van der Waals surface area contributed by atoms with Gasteiger partial charge in [-0.05, 0) is 37.6 Å². The topological polar surface area (TPSA) is 83.1 Å². The van der Waals surface area contributed by atoms with E-state index in [-0.39, 0.29) is 11.8 Å². The molecule has 2 amide bonds. The number of aromatic nitrogens is 1. The molecular weight excluding hydrogens is 324 g/mol. The van der Waals surface area contributed by atoms with Gasteiger partial charge >= 0.3 is 0 Å². The normalized spacial score (nSPS) is 10.3. The molecule has 0 aliphatic carbocycles. The van der Waals surface area contributed by atoms with Gasteiger partial charge in [0.1, 0.15) is 5.01 Å². The van der Waals surface area contributed by atoms with Gasteiger partial charge in [0.05, 0.1) is 18.7 Å². The third-order valence-corrected chi connectivity index (χ3v) is 4.37. The zero-order valence-corrected chi connectivity index (χ0v) is 14.9. The summed E-state index contributed by atoms with van der Waals surface area (Å²) in [6, 6.07) is 5.57. The van der Waals surface area contributed by atoms with Crippen molar-refractivity contribution in [3.63, 3.8) is 0 Å². The molecule has 0 radical (unpaired) electrons. The number of thiazole rings is 1. The standard InChI is InChI=1S/C17H22N4O2S/c1-4-19-17(23)12-5-6-14(11(2)7-12)20-9-13-10-24-16(21-13)8-15(22)18-3/h5-7,10,20H,4,8-9H2,1-3H3,(H,18,22)(H,19,23). The lowest BCUT2D eigenvalue weighted by atomic mass is 10.1. The van der Waals surface area contributed by atoms with Crippen LogP contribution in [0.2, 0.25) is 0 Å². The molecule has 128 valence electrons. The molecule has 6 nitrogen and oxygen atoms in total. The first kappa shape index (κ1) is 17.9. The number of nitrogens with zero attached hydrogens (tertiary/aromatic N) is 1. The van der Waals surface area contributed by atoms with Gasteiger partial charge in [-0.2, -0.15) is 0 Å². The van der Waals surface area contributed by atoms with Crippen LogP contribution in [0, 0.1) is 6.92 Å². The summed E-state index contributed by atoms with van der Waals surface area (Å²) in [5, 5.41) is 11.4. The number of anilines is 1. The Bertz CT molecular complexity index is 727. The number of aryl methyl sites for hydroxylation is 1. The number of hydrogen-bond acceptors (Lipinski definition) is 5. The number of nitrogens with one attached hydrogen (secondary N) is 3. The highest BCUT2D eigenvalue weighted by molar-refractivity contribution is 7.09. The van der Waals surface area contributed by atoms with Gasteiger partial charge in [-0.15, -0.1) is 11.3 Å². The van der Waals surface area contributed by atoms with E-state index < -0.39 is 0 Å². The van der Waals surface area contributed by atoms with Crippen molar-refractivity contribution >= 4 is 28.8 Å². The second-order valence-electron chi connectivity index (χ2n) is 5.33. The van der Waals surface area contributed by atoms with Gasteiger partial charge in [-0.25, -0.2) is 4.98 Å². The van der Waals surface area contributed by atoms with Crippen molar-refractivity contribution in [1.29, 1.82) is 0 Å². The highest BCUT2D eigenvalue weighted by Gasteiger charge is 2.09. The Kier molecular flexibility index (Phi) is 6.31. The summed E-state index contributed by atoms with van der Waals surface area (Å²) in [5.41, 5.74) is 3.51. The zero-order chi connectivity index (χ0) is 17.5. The molecular formula is C17H22N4O2S. The maximum absolute atomic E-state index is 11.8. The van der Waals surface area contributed by atoms with Crippen LogP contribution in [0.25, 0.3) is 0 Å². The molecule has 0 spiro atoms. The molecule has 1 aromatic carbocycles. The van der Waals surface area contributed by atoms with Crippen molar-refractivity contribution in [3.8, 4) is 0 Å². The van der Waals surface area contributed by atoms with Gasteiger partial charge in [0.25, 0.3) is 5.91 Å². The minimum atomic E-state index is -0.0644. The summed E-state index contributed by atoms with van der Waals surface area (Å²) >= 11 is 1.48. The highest BCUT2D eigenvalue weighted by atomic mass is 32.1. The monoisotopic (exact) mass is 346 g/mol. The Morgan fingerprint density at radius 3 is 2.75 bits per heavy atom. The number of carbonyl (C=O) groups is 2. The van der Waals surface area contributed by atoms with Crippen LogP contribution in [0.3, 0.4) is 0 Å². The van der Waals surface area contributed by atoms with Gasteiger partial charge < -0.3 is 16.0 Å². The van der Waals surface area contributed by atoms with Gasteiger partial charge in [-0.1, -0.05) is 0 Å². The number of likely N-dealkylation sites (N-methyl/N-ethyl adjacent to an activating group) is 1. The molecule has 24 heavy (non-hydrogen) atoms. The molecule has 0 aliphatic rings. The number of carbonyl (C=O) groups excluding carboxylic acids is 2. The molecule has 0 aliphatic heterocycles. The van der Waals surface area contributed by atoms with Crippen LogP contribution in [-0.4, -0.2) is 30.4 Å². The first-order valence-electron chi connectivity index (χ1n) is 7.80. The Morgan fingerprint density at radius 2 is 2.08 bits per heavy atom. The summed E-state index contributed by atoms with van der Waals surface area (Å²) in [6.45, 7) is 5.04. The average Bonchev–Trinajstić information content (AvgIpc) is 3.01. The molecule has 0 saturated carbocycles. The quantitative estimate of drug-likeness (QED) is 0.717. The molecule has 0 atom stereocenters. The fraction of sp³-hybridized carbons (Fsp3) is 0.353. The van der Waals surface area contributed by atoms with Crippen LogP contribution in [0.1, 0.15) is 33.5 Å². The average molecular weight is 346 g/mol. The molecule has 3 N–H and O–H groups in total. The van der Waals surface area contributed by atoms with Crippen molar-refractivity contribution in [2.45, 2.75) is 26.8 Å². The van der Waals surface area contributed by atoms with Gasteiger partial charge in [0.2, 0.25) is 5.91 Å². The smallest absolute Gasteiger partial charge is 0.251 e. The lowest BCUT2D eigenvalue weighted by Crippen LogP contribution is -2.22. The van der Waals surface area contributed by atoms with E-state index in [0.717, 1.165) is 22.0 Å². The fourth-order valence-electron chi connectivity index (χ4n) is 2.19. The lowest BCUT2D eigenvalue weighted by molar-refractivity contribution is -0.119. The van der Waals surface area contributed by atoms with E-state index in [4.69, 9.17) is 0 Å². The molecule has 0 saturated heterocycles. The van der Waals surface area contributed by atoms with Crippen molar-refractivity contribution in [3.05, 3.63) is 45.4 Å². The van der Waals surface area contributed by atoms with E-state index in [1.165, 1.54) is 11.3 Å². The SMILES string of the molecule is CCNC(=O)c1ccc(NCc2csc(CC(=O)NC)n2)c(C)c1. The maximum atomic E-state index is 11.8. The fourth-order valence-corrected chi connectivity index (χ4v) is 2.98. The number of benzene rings is 1. The summed E-state index contributed by atoms with van der Waals surface area (Å²) in [4.78, 5) is 27.6. The second-order valence-corrected chi connectivity index (χ2v) is 6.27. The minimum absolute atomic E-state index is 0.0411. The van der Waals surface area contributed by atoms with Gasteiger partial charge in [-0.3, -0.25) is 9.59 Å². The van der Waals surface area contributed by atoms with E-state index in [9.17, 15) is 9.59 Å². The van der Waals surface area contributed by atoms with Crippen LogP contribution < -0.4 is 16.0 Å². The van der Waals surface area contributed by atoms with Crippen LogP contribution >= 0.6 is 11.3 Å². The van der Waals surface area contributed by atoms with E-state index in [0.29, 0.717) is 25.1 Å². The van der Waals surface area contributed by atoms with Crippen molar-refractivity contribution in [2.24, 2.45) is 0 Å². The summed E-state index contributed by atoms with van der Waals surface area (Å²) in [5.74, 6) is -0.105. The molecule has 2 rings (SSSR count). The molecule has 7 heteroatoms. The van der Waals surface area contributed by atoms with E-state index in [2.05, 4.69) is 20.9 Å². The van der Waals surface area contributed by atoms with Crippen molar-refractivity contribution in [2.75, 3.05) is 18.9 Å². The van der Waals surface area contributed by atoms with Crippen molar-refractivity contribution < 1.29 is 9.59 Å². The van der Waals surface area contributed by atoms with E-state index in [1.807, 2.05) is 31.4 Å². The van der Waals surface area contributed by atoms with Crippen LogP contribution in [-0.2, 0) is 17.8 Å². The second kappa shape index (κ2) is 8.44. The van der Waals surface area contributed by atoms with Gasteiger partial charge in [0, 0.05) is 30.2 Å². The first-order valence-corrected chi connectivity index (χ1v) is 8.68. The third kappa shape index (κ3) is 4.79. The molecule has 0 bridgehead atoms. The van der Waals surface area contributed by atoms with Crippen molar-refractivity contribution in [1.82, 2.24) is 15.6 Å². The summed E-state index contributed by atoms with van der Waals surface area (Å²) in [6.07, 6.45) is 0.307. The predicted molar refractivity (Wildman–Crippen MR) is 96.4 cm³/mol. The number of rotatable bonds is 7. The molecule has 1 aromatic heterocycles. The number of hydrogen-bond donors (Lipinski definition) is 3. The minimum Gasteiger partial charge on any atom is -0.379 e. The third-order valence-electron chi connectivity index (χ3n) is 3.48. The Morgan fingerprint density at radius 1 is 1.29 bits per heavy atom. The summed E-state index contributed by atoms with van der Waals surface area (Å²) in [7, 11) is 1.62. The molecule has 0 fully saturated rings. The maximum Gasteiger partial charge on any atom is 0.251 e. The molecule has 2 aromatic rings. The van der Waals surface area contributed by atoms with Crippen LogP contribution in [0.15, 0.2) is 23.6 Å². The first-order chi connectivity index (χ1) is 11.5. The Hall–Kier alpha value is -2.41. The van der Waals surface area contributed by atoms with Crippen LogP contribution in [0.4, 0.5) is 5.69 Å². The van der Waals surface area contributed by atoms with E-state index in [1.54, 1.807) is 13.1 Å². The van der Waals surface area contributed by atoms with E-state index >= 15 is 0 Å².